The highest BCUT2D eigenvalue weighted by Gasteiger charge is 2.08. The standard InChI is InChI=1S/C9H10FN/c1-2-7-6-8(11)4-3-5-9(7)10/h1,5-6,8H,3-4,11H2. The van der Waals surface area contributed by atoms with Gasteiger partial charge in [0.15, 0.2) is 0 Å². The first-order valence-electron chi connectivity index (χ1n) is 3.54. The van der Waals surface area contributed by atoms with Crippen molar-refractivity contribution in [3.63, 3.8) is 0 Å². The van der Waals surface area contributed by atoms with Gasteiger partial charge in [0.05, 0.1) is 5.57 Å². The van der Waals surface area contributed by atoms with E-state index in [4.69, 9.17) is 12.2 Å². The molecule has 2 N–H and O–H groups in total. The quantitative estimate of drug-likeness (QED) is 0.522. The van der Waals surface area contributed by atoms with Gasteiger partial charge in [-0.3, -0.25) is 0 Å². The van der Waals surface area contributed by atoms with E-state index in [1.807, 2.05) is 0 Å². The van der Waals surface area contributed by atoms with Crippen molar-refractivity contribution in [3.8, 4) is 12.3 Å². The molecule has 0 saturated heterocycles. The van der Waals surface area contributed by atoms with E-state index in [9.17, 15) is 4.39 Å². The van der Waals surface area contributed by atoms with Gasteiger partial charge in [-0.25, -0.2) is 4.39 Å². The van der Waals surface area contributed by atoms with Crippen molar-refractivity contribution >= 4 is 0 Å². The van der Waals surface area contributed by atoms with Crippen LogP contribution in [0.4, 0.5) is 4.39 Å². The van der Waals surface area contributed by atoms with Gasteiger partial charge in [-0.05, 0) is 25.0 Å². The third-order valence-corrected chi connectivity index (χ3v) is 1.62. The van der Waals surface area contributed by atoms with Crippen molar-refractivity contribution in [2.75, 3.05) is 0 Å². The average molecular weight is 151 g/mol. The number of hydrogen-bond donors (Lipinski definition) is 1. The average Bonchev–Trinajstić information content (AvgIpc) is 2.13. The highest BCUT2D eigenvalue weighted by atomic mass is 19.1. The number of rotatable bonds is 0. The van der Waals surface area contributed by atoms with E-state index in [-0.39, 0.29) is 17.4 Å². The highest BCUT2D eigenvalue weighted by Crippen LogP contribution is 2.17. The van der Waals surface area contributed by atoms with Crippen LogP contribution < -0.4 is 5.73 Å². The summed E-state index contributed by atoms with van der Waals surface area (Å²) in [4.78, 5) is 0. The summed E-state index contributed by atoms with van der Waals surface area (Å²) < 4.78 is 12.9. The Kier molecular flexibility index (Phi) is 2.45. The fourth-order valence-electron chi connectivity index (χ4n) is 1.01. The fraction of sp³-hybridized carbons (Fsp3) is 0.333. The summed E-state index contributed by atoms with van der Waals surface area (Å²) in [6, 6.07) is -0.106. The number of allylic oxidation sites excluding steroid dienone is 3. The van der Waals surface area contributed by atoms with E-state index >= 15 is 0 Å². The molecule has 0 fully saturated rings. The maximum atomic E-state index is 12.9. The lowest BCUT2D eigenvalue weighted by Gasteiger charge is -2.00. The molecule has 1 nitrogen and oxygen atoms in total. The molecule has 0 bridgehead atoms. The third-order valence-electron chi connectivity index (χ3n) is 1.62. The SMILES string of the molecule is C#CC1=CC(N)CCC=C1F. The summed E-state index contributed by atoms with van der Waals surface area (Å²) in [5.41, 5.74) is 5.88. The van der Waals surface area contributed by atoms with Gasteiger partial charge >= 0.3 is 0 Å². The molecular weight excluding hydrogens is 141 g/mol. The Bertz CT molecular complexity index is 245. The van der Waals surface area contributed by atoms with Gasteiger partial charge < -0.3 is 5.73 Å². The van der Waals surface area contributed by atoms with Crippen molar-refractivity contribution in [1.29, 1.82) is 0 Å². The number of halogens is 1. The van der Waals surface area contributed by atoms with Crippen molar-refractivity contribution in [2.24, 2.45) is 5.73 Å². The molecular formula is C9H10FN. The van der Waals surface area contributed by atoms with E-state index < -0.39 is 0 Å². The molecule has 0 aliphatic heterocycles. The molecule has 0 saturated carbocycles. The zero-order chi connectivity index (χ0) is 8.27. The lowest BCUT2D eigenvalue weighted by atomic mass is 10.1. The monoisotopic (exact) mass is 151 g/mol. The summed E-state index contributed by atoms with van der Waals surface area (Å²) >= 11 is 0. The lowest BCUT2D eigenvalue weighted by molar-refractivity contribution is 0.653. The minimum atomic E-state index is -0.319. The Morgan fingerprint density at radius 3 is 3.09 bits per heavy atom. The normalized spacial score (nSPS) is 24.6. The number of nitrogens with two attached hydrogens (primary N) is 1. The predicted molar refractivity (Wildman–Crippen MR) is 43.3 cm³/mol. The van der Waals surface area contributed by atoms with E-state index in [1.165, 1.54) is 6.08 Å². The van der Waals surface area contributed by atoms with Crippen LogP contribution >= 0.6 is 0 Å². The Hall–Kier alpha value is -1.07. The van der Waals surface area contributed by atoms with Crippen molar-refractivity contribution in [1.82, 2.24) is 0 Å². The molecule has 1 rings (SSSR count). The van der Waals surface area contributed by atoms with Gasteiger partial charge in [-0.2, -0.15) is 0 Å². The van der Waals surface area contributed by atoms with Gasteiger partial charge in [0.2, 0.25) is 0 Å². The van der Waals surface area contributed by atoms with Crippen LogP contribution in [0, 0.1) is 12.3 Å². The van der Waals surface area contributed by atoms with Crippen LogP contribution in [0.25, 0.3) is 0 Å². The Morgan fingerprint density at radius 2 is 2.45 bits per heavy atom. The maximum Gasteiger partial charge on any atom is 0.134 e. The minimum absolute atomic E-state index is 0.106. The summed E-state index contributed by atoms with van der Waals surface area (Å²) in [5.74, 6) is 1.94. The summed E-state index contributed by atoms with van der Waals surface area (Å²) in [7, 11) is 0. The molecule has 1 atom stereocenters. The third kappa shape index (κ3) is 1.92. The molecule has 0 heterocycles. The first-order chi connectivity index (χ1) is 5.24. The van der Waals surface area contributed by atoms with Crippen LogP contribution in [0.15, 0.2) is 23.6 Å². The molecule has 58 valence electrons. The summed E-state index contributed by atoms with van der Waals surface area (Å²) in [6.07, 6.45) is 9.58. The molecule has 0 aromatic carbocycles. The highest BCUT2D eigenvalue weighted by molar-refractivity contribution is 5.42. The fourth-order valence-corrected chi connectivity index (χ4v) is 1.01. The summed E-state index contributed by atoms with van der Waals surface area (Å²) in [6.45, 7) is 0. The maximum absolute atomic E-state index is 12.9. The molecule has 1 aliphatic rings. The molecule has 1 aliphatic carbocycles. The second kappa shape index (κ2) is 3.36. The number of hydrogen-bond acceptors (Lipinski definition) is 1. The van der Waals surface area contributed by atoms with Gasteiger partial charge in [-0.15, -0.1) is 6.42 Å². The molecule has 0 aromatic heterocycles. The molecule has 11 heavy (non-hydrogen) atoms. The van der Waals surface area contributed by atoms with Crippen LogP contribution in [-0.2, 0) is 0 Å². The van der Waals surface area contributed by atoms with Crippen LogP contribution in [-0.4, -0.2) is 6.04 Å². The topological polar surface area (TPSA) is 26.0 Å². The Balaban J connectivity index is 2.90. The largest absolute Gasteiger partial charge is 0.324 e. The van der Waals surface area contributed by atoms with Crippen molar-refractivity contribution in [2.45, 2.75) is 18.9 Å². The molecule has 0 amide bonds. The van der Waals surface area contributed by atoms with Gasteiger partial charge in [0, 0.05) is 6.04 Å². The van der Waals surface area contributed by atoms with E-state index in [0.717, 1.165) is 6.42 Å². The lowest BCUT2D eigenvalue weighted by Crippen LogP contribution is -2.15. The smallest absolute Gasteiger partial charge is 0.134 e. The zero-order valence-corrected chi connectivity index (χ0v) is 6.18. The molecule has 0 aromatic rings. The van der Waals surface area contributed by atoms with E-state index in [1.54, 1.807) is 6.08 Å². The van der Waals surface area contributed by atoms with Crippen LogP contribution in [0.5, 0.6) is 0 Å². The Morgan fingerprint density at radius 1 is 1.73 bits per heavy atom. The van der Waals surface area contributed by atoms with E-state index in [2.05, 4.69) is 5.92 Å². The van der Waals surface area contributed by atoms with Gasteiger partial charge in [0.25, 0.3) is 0 Å². The first kappa shape index (κ1) is 8.03. The second-order valence-electron chi connectivity index (χ2n) is 2.52. The van der Waals surface area contributed by atoms with Crippen LogP contribution in [0.1, 0.15) is 12.8 Å². The van der Waals surface area contributed by atoms with Crippen molar-refractivity contribution in [3.05, 3.63) is 23.6 Å². The zero-order valence-electron chi connectivity index (χ0n) is 6.18. The first-order valence-corrected chi connectivity index (χ1v) is 3.54. The van der Waals surface area contributed by atoms with Crippen LogP contribution in [0.2, 0.25) is 0 Å². The Labute approximate surface area is 65.8 Å². The van der Waals surface area contributed by atoms with Crippen molar-refractivity contribution < 1.29 is 4.39 Å². The number of terminal acetylenes is 1. The van der Waals surface area contributed by atoms with Crippen LogP contribution in [0.3, 0.4) is 0 Å². The predicted octanol–water partition coefficient (Wildman–Crippen LogP) is 1.52. The minimum Gasteiger partial charge on any atom is -0.324 e. The molecule has 2 heteroatoms. The second-order valence-corrected chi connectivity index (χ2v) is 2.52. The molecule has 1 unspecified atom stereocenters. The van der Waals surface area contributed by atoms with Gasteiger partial charge in [0.1, 0.15) is 5.83 Å². The molecule has 0 radical (unpaired) electrons. The van der Waals surface area contributed by atoms with E-state index in [0.29, 0.717) is 6.42 Å². The van der Waals surface area contributed by atoms with Gasteiger partial charge in [-0.1, -0.05) is 5.92 Å². The molecule has 0 spiro atoms. The summed E-state index contributed by atoms with van der Waals surface area (Å²) in [5, 5.41) is 0.